The van der Waals surface area contributed by atoms with Crippen LogP contribution < -0.4 is 10.6 Å². The minimum absolute atomic E-state index is 0.000203. The van der Waals surface area contributed by atoms with Gasteiger partial charge in [-0.3, -0.25) is 14.4 Å². The van der Waals surface area contributed by atoms with Gasteiger partial charge in [-0.2, -0.15) is 4.31 Å². The molecule has 1 aromatic heterocycles. The van der Waals surface area contributed by atoms with Crippen LogP contribution in [0.2, 0.25) is 0 Å². The fourth-order valence-corrected chi connectivity index (χ4v) is 9.69. The third kappa shape index (κ3) is 9.31. The van der Waals surface area contributed by atoms with E-state index in [1.807, 2.05) is 24.3 Å². The molecule has 4 aromatic rings. The second-order valence-electron chi connectivity index (χ2n) is 13.5. The van der Waals surface area contributed by atoms with Gasteiger partial charge in [0.1, 0.15) is 10.5 Å². The number of carbonyl (C=O) groups is 4. The molecule has 58 heavy (non-hydrogen) atoms. The van der Waals surface area contributed by atoms with Gasteiger partial charge in [0.25, 0.3) is 11.8 Å². The predicted octanol–water partition coefficient (Wildman–Crippen LogP) is 7.70. The number of azide groups is 2. The highest BCUT2D eigenvalue weighted by atomic mass is 32.2. The second-order valence-corrected chi connectivity index (χ2v) is 16.5. The van der Waals surface area contributed by atoms with Crippen molar-refractivity contribution in [1.29, 1.82) is 0 Å². The van der Waals surface area contributed by atoms with Crippen LogP contribution in [-0.2, 0) is 50.0 Å². The molecule has 1 heterocycles. The van der Waals surface area contributed by atoms with E-state index in [0.29, 0.717) is 41.1 Å². The van der Waals surface area contributed by atoms with Gasteiger partial charge in [0.2, 0.25) is 10.0 Å². The van der Waals surface area contributed by atoms with Gasteiger partial charge in [0.05, 0.1) is 29.3 Å². The zero-order chi connectivity index (χ0) is 41.3. The SMILES string of the molecule is CCOC(=O)C1(N(CN=[N+]=[N-])S(=O)(=O)c2cccc(C(=O)Nc3sc4c(c3C(=O)Nc3ccc(CCc5ccc(C(=O)OCN=[N+]=[N-])cc5)cc3)CCCC4)c2)CC1. The third-order valence-corrected chi connectivity index (χ3v) is 12.9. The van der Waals surface area contributed by atoms with Gasteiger partial charge < -0.3 is 20.1 Å². The first-order valence-corrected chi connectivity index (χ1v) is 20.7. The molecule has 0 saturated heterocycles. The van der Waals surface area contributed by atoms with Crippen LogP contribution in [0.4, 0.5) is 10.7 Å². The Morgan fingerprint density at radius 1 is 0.845 bits per heavy atom. The van der Waals surface area contributed by atoms with Crippen molar-refractivity contribution >= 4 is 55.8 Å². The Bertz CT molecular complexity index is 2420. The molecular weight excluding hydrogens is 787 g/mol. The topological polar surface area (TPSA) is 246 Å². The van der Waals surface area contributed by atoms with Crippen LogP contribution >= 0.6 is 11.3 Å². The van der Waals surface area contributed by atoms with Crippen molar-refractivity contribution in [2.75, 3.05) is 30.6 Å². The van der Waals surface area contributed by atoms with Crippen LogP contribution in [0.5, 0.6) is 0 Å². The number of ether oxygens (including phenoxy) is 2. The molecule has 2 amide bonds. The molecule has 0 bridgehead atoms. The maximum absolute atomic E-state index is 13.9. The Morgan fingerprint density at radius 3 is 2.17 bits per heavy atom. The Kier molecular flexibility index (Phi) is 13.1. The van der Waals surface area contributed by atoms with Crippen LogP contribution in [0.25, 0.3) is 20.9 Å². The van der Waals surface area contributed by atoms with Gasteiger partial charge in [-0.15, -0.1) is 11.3 Å². The van der Waals surface area contributed by atoms with Crippen molar-refractivity contribution in [3.05, 3.63) is 132 Å². The molecule has 0 atom stereocenters. The monoisotopic (exact) mass is 825 g/mol. The second kappa shape index (κ2) is 18.4. The standard InChI is InChI=1S/C39H39N9O8S2/c1-2-55-38(52)39(20-21-39)48(23-42-46-40)58(53,54)30-7-5-6-28(22-30)34(49)45-36-33(31-8-3-4-9-32(31)57-36)35(50)44-29-18-14-26(15-19-29)11-10-25-12-16-27(17-13-25)37(51)56-24-43-47-41/h5-7,12-19,22H,2-4,8-11,20-21,23-24H2,1H3,(H,44,50)(H,45,49). The molecule has 1 fully saturated rings. The number of hydrogen-bond donors (Lipinski definition) is 2. The normalized spacial score (nSPS) is 13.9. The van der Waals surface area contributed by atoms with E-state index in [4.69, 9.17) is 20.5 Å². The number of nitrogens with one attached hydrogen (secondary N) is 2. The van der Waals surface area contributed by atoms with Gasteiger partial charge in [0, 0.05) is 26.0 Å². The first-order chi connectivity index (χ1) is 28.0. The van der Waals surface area contributed by atoms with E-state index in [1.54, 1.807) is 31.2 Å². The highest BCUT2D eigenvalue weighted by Crippen LogP contribution is 2.46. The first kappa shape index (κ1) is 41.4. The Balaban J connectivity index is 1.14. The molecule has 300 valence electrons. The van der Waals surface area contributed by atoms with Crippen molar-refractivity contribution in [2.24, 2.45) is 10.2 Å². The van der Waals surface area contributed by atoms with E-state index in [0.717, 1.165) is 45.1 Å². The van der Waals surface area contributed by atoms with Crippen LogP contribution in [0.1, 0.15) is 85.2 Å². The van der Waals surface area contributed by atoms with Crippen molar-refractivity contribution in [3.8, 4) is 0 Å². The smallest absolute Gasteiger partial charge is 0.338 e. The molecule has 1 saturated carbocycles. The number of rotatable bonds is 17. The summed E-state index contributed by atoms with van der Waals surface area (Å²) in [7, 11) is -4.45. The molecule has 2 N–H and O–H groups in total. The number of hydrogen-bond acceptors (Lipinski definition) is 11. The quantitative estimate of drug-likeness (QED) is 0.0461. The van der Waals surface area contributed by atoms with Crippen LogP contribution in [-0.4, -0.2) is 62.0 Å². The van der Waals surface area contributed by atoms with Crippen molar-refractivity contribution in [3.63, 3.8) is 0 Å². The molecule has 2 aliphatic carbocycles. The van der Waals surface area contributed by atoms with E-state index in [1.165, 1.54) is 35.6 Å². The average molecular weight is 826 g/mol. The van der Waals surface area contributed by atoms with Crippen molar-refractivity contribution in [2.45, 2.75) is 68.7 Å². The molecule has 0 unspecified atom stereocenters. The van der Waals surface area contributed by atoms with E-state index in [9.17, 15) is 27.6 Å². The number of benzene rings is 3. The van der Waals surface area contributed by atoms with Gasteiger partial charge in [-0.05, 0) is 129 Å². The molecule has 2 aliphatic rings. The minimum atomic E-state index is -4.45. The van der Waals surface area contributed by atoms with Crippen LogP contribution in [0.3, 0.4) is 0 Å². The molecule has 19 heteroatoms. The van der Waals surface area contributed by atoms with Gasteiger partial charge in [0.15, 0.2) is 6.73 Å². The minimum Gasteiger partial charge on any atom is -0.465 e. The third-order valence-electron chi connectivity index (χ3n) is 9.84. The fourth-order valence-electron chi connectivity index (χ4n) is 6.70. The highest BCUT2D eigenvalue weighted by molar-refractivity contribution is 7.89. The largest absolute Gasteiger partial charge is 0.465 e. The van der Waals surface area contributed by atoms with Crippen LogP contribution in [0.15, 0.2) is 87.9 Å². The Morgan fingerprint density at radius 2 is 1.52 bits per heavy atom. The molecule has 0 aliphatic heterocycles. The molecule has 17 nitrogen and oxygen atoms in total. The molecule has 0 spiro atoms. The summed E-state index contributed by atoms with van der Waals surface area (Å²) in [6.45, 7) is 0.620. The number of thiophene rings is 1. The average Bonchev–Trinajstić information content (AvgIpc) is 3.95. The maximum Gasteiger partial charge on any atom is 0.338 e. The lowest BCUT2D eigenvalue weighted by atomic mass is 9.95. The number of nitrogens with zero attached hydrogens (tertiary/aromatic N) is 7. The number of sulfonamides is 1. The summed E-state index contributed by atoms with van der Waals surface area (Å²) >= 11 is 1.32. The predicted molar refractivity (Wildman–Crippen MR) is 215 cm³/mol. The van der Waals surface area contributed by atoms with Crippen LogP contribution in [0, 0.1) is 0 Å². The summed E-state index contributed by atoms with van der Waals surface area (Å²) in [5.41, 5.74) is 20.0. The molecule has 0 radical (unpaired) electrons. The Labute approximate surface area is 337 Å². The fraction of sp³-hybridized carbons (Fsp3) is 0.333. The lowest BCUT2D eigenvalue weighted by Gasteiger charge is -2.28. The molecular formula is C39H39N9O8S2. The van der Waals surface area contributed by atoms with Gasteiger partial charge in [-0.1, -0.05) is 40.6 Å². The zero-order valence-electron chi connectivity index (χ0n) is 31.4. The van der Waals surface area contributed by atoms with E-state index in [-0.39, 0.29) is 42.5 Å². The number of carbonyl (C=O) groups excluding carboxylic acids is 4. The highest BCUT2D eigenvalue weighted by Gasteiger charge is 2.60. The molecule has 3 aromatic carbocycles. The van der Waals surface area contributed by atoms with Crippen molar-refractivity contribution < 1.29 is 37.1 Å². The number of fused-ring (bicyclic) bond motifs is 1. The Hall–Kier alpha value is -6.23. The first-order valence-electron chi connectivity index (χ1n) is 18.4. The van der Waals surface area contributed by atoms with E-state index < -0.39 is 40.1 Å². The summed E-state index contributed by atoms with van der Waals surface area (Å²) in [5, 5.41) is 12.8. The summed E-state index contributed by atoms with van der Waals surface area (Å²) < 4.78 is 38.7. The van der Waals surface area contributed by atoms with Gasteiger partial charge in [-0.25, -0.2) is 13.2 Å². The van der Waals surface area contributed by atoms with E-state index >= 15 is 0 Å². The summed E-state index contributed by atoms with van der Waals surface area (Å²) in [6.07, 6.45) is 5.01. The van der Waals surface area contributed by atoms with E-state index in [2.05, 4.69) is 30.7 Å². The maximum atomic E-state index is 13.9. The summed E-state index contributed by atoms with van der Waals surface area (Å²) in [5.74, 6) is -2.35. The number of esters is 2. The number of aryl methyl sites for hydroxylation is 3. The lowest BCUT2D eigenvalue weighted by Crippen LogP contribution is -2.48. The van der Waals surface area contributed by atoms with Gasteiger partial charge >= 0.3 is 11.9 Å². The zero-order valence-corrected chi connectivity index (χ0v) is 33.1. The number of anilines is 2. The lowest BCUT2D eigenvalue weighted by molar-refractivity contribution is -0.149. The summed E-state index contributed by atoms with van der Waals surface area (Å²) in [4.78, 5) is 58.5. The number of amides is 2. The molecule has 6 rings (SSSR count). The van der Waals surface area contributed by atoms with Crippen molar-refractivity contribution in [1.82, 2.24) is 4.31 Å². The summed E-state index contributed by atoms with van der Waals surface area (Å²) in [6, 6.07) is 19.7.